The maximum Gasteiger partial charge on any atom is 0.0540 e. The molecular formula is C15H32N2O. The van der Waals surface area contributed by atoms with Gasteiger partial charge in [0.1, 0.15) is 0 Å². The minimum absolute atomic E-state index is 0.0538. The fraction of sp³-hybridized carbons (Fsp3) is 1.00. The van der Waals surface area contributed by atoms with Crippen LogP contribution in [0.4, 0.5) is 0 Å². The van der Waals surface area contributed by atoms with Gasteiger partial charge in [-0.25, -0.2) is 0 Å². The van der Waals surface area contributed by atoms with Gasteiger partial charge in [-0.15, -0.1) is 0 Å². The second-order valence-corrected chi connectivity index (χ2v) is 5.57. The number of rotatable bonds is 9. The lowest BCUT2D eigenvalue weighted by atomic mass is 10.1. The van der Waals surface area contributed by atoms with Gasteiger partial charge in [0.05, 0.1) is 6.10 Å². The summed E-state index contributed by atoms with van der Waals surface area (Å²) in [7, 11) is 0. The van der Waals surface area contributed by atoms with Crippen molar-refractivity contribution in [3.8, 4) is 0 Å². The molecule has 0 radical (unpaired) electrons. The van der Waals surface area contributed by atoms with E-state index in [4.69, 9.17) is 0 Å². The Kier molecular flexibility index (Phi) is 8.64. The van der Waals surface area contributed by atoms with Crippen LogP contribution in [0.3, 0.4) is 0 Å². The lowest BCUT2D eigenvalue weighted by molar-refractivity contribution is 0.127. The van der Waals surface area contributed by atoms with E-state index in [9.17, 15) is 5.11 Å². The van der Waals surface area contributed by atoms with Gasteiger partial charge >= 0.3 is 0 Å². The van der Waals surface area contributed by atoms with Crippen molar-refractivity contribution < 1.29 is 5.11 Å². The highest BCUT2D eigenvalue weighted by molar-refractivity contribution is 4.70. The van der Waals surface area contributed by atoms with Crippen LogP contribution in [-0.4, -0.2) is 60.3 Å². The molecule has 1 fully saturated rings. The number of unbranched alkanes of at least 4 members (excludes halogenated alkanes) is 2. The standard InChI is InChI=1S/C15H32N2O/c1-3-5-8-15(18)9-6-7-10-17-13-11-16(4-2)12-14-17/h15,18H,3-14H2,1-2H3/t15-/m0/s1. The fourth-order valence-electron chi connectivity index (χ4n) is 2.63. The molecule has 0 aromatic heterocycles. The number of hydrogen-bond acceptors (Lipinski definition) is 3. The topological polar surface area (TPSA) is 26.7 Å². The minimum atomic E-state index is -0.0538. The summed E-state index contributed by atoms with van der Waals surface area (Å²) >= 11 is 0. The quantitative estimate of drug-likeness (QED) is 0.642. The zero-order valence-electron chi connectivity index (χ0n) is 12.4. The highest BCUT2D eigenvalue weighted by Gasteiger charge is 2.14. The first-order chi connectivity index (χ1) is 8.76. The molecule has 0 aromatic rings. The largest absolute Gasteiger partial charge is 0.393 e. The van der Waals surface area contributed by atoms with Crippen LogP contribution in [0.1, 0.15) is 52.4 Å². The van der Waals surface area contributed by atoms with Gasteiger partial charge in [-0.05, 0) is 38.8 Å². The normalized spacial score (nSPS) is 20.2. The summed E-state index contributed by atoms with van der Waals surface area (Å²) in [5.41, 5.74) is 0. The maximum absolute atomic E-state index is 9.76. The van der Waals surface area contributed by atoms with Crippen molar-refractivity contribution in [2.24, 2.45) is 0 Å². The summed E-state index contributed by atoms with van der Waals surface area (Å²) in [6.45, 7) is 11.8. The van der Waals surface area contributed by atoms with Gasteiger partial charge in [0, 0.05) is 26.2 Å². The predicted octanol–water partition coefficient (Wildman–Crippen LogP) is 2.35. The first kappa shape index (κ1) is 15.9. The summed E-state index contributed by atoms with van der Waals surface area (Å²) in [5, 5.41) is 9.76. The van der Waals surface area contributed by atoms with Crippen LogP contribution in [0.25, 0.3) is 0 Å². The van der Waals surface area contributed by atoms with Crippen LogP contribution in [0.2, 0.25) is 0 Å². The van der Waals surface area contributed by atoms with Gasteiger partial charge in [0.15, 0.2) is 0 Å². The molecule has 0 unspecified atom stereocenters. The molecular weight excluding hydrogens is 224 g/mol. The zero-order valence-corrected chi connectivity index (χ0v) is 12.4. The monoisotopic (exact) mass is 256 g/mol. The Morgan fingerprint density at radius 1 is 0.889 bits per heavy atom. The van der Waals surface area contributed by atoms with Crippen molar-refractivity contribution in [3.63, 3.8) is 0 Å². The predicted molar refractivity (Wildman–Crippen MR) is 77.9 cm³/mol. The van der Waals surface area contributed by atoms with E-state index < -0.39 is 0 Å². The number of piperazine rings is 1. The van der Waals surface area contributed by atoms with Gasteiger partial charge in [0.25, 0.3) is 0 Å². The first-order valence-electron chi connectivity index (χ1n) is 7.89. The number of aliphatic hydroxyl groups excluding tert-OH is 1. The molecule has 1 rings (SSSR count). The Hall–Kier alpha value is -0.120. The molecule has 0 amide bonds. The Bertz CT molecular complexity index is 191. The third-order valence-corrected chi connectivity index (χ3v) is 4.06. The van der Waals surface area contributed by atoms with E-state index in [1.807, 2.05) is 0 Å². The lowest BCUT2D eigenvalue weighted by Gasteiger charge is -2.34. The second-order valence-electron chi connectivity index (χ2n) is 5.57. The molecule has 1 heterocycles. The van der Waals surface area contributed by atoms with Crippen molar-refractivity contribution in [2.75, 3.05) is 39.3 Å². The average Bonchev–Trinajstić information content (AvgIpc) is 2.42. The molecule has 108 valence electrons. The SMILES string of the molecule is CCCC[C@H](O)CCCCN1CCN(CC)CC1. The Morgan fingerprint density at radius 2 is 1.50 bits per heavy atom. The van der Waals surface area contributed by atoms with E-state index in [-0.39, 0.29) is 6.10 Å². The van der Waals surface area contributed by atoms with Crippen molar-refractivity contribution in [1.82, 2.24) is 9.80 Å². The number of nitrogens with zero attached hydrogens (tertiary/aromatic N) is 2. The summed E-state index contributed by atoms with van der Waals surface area (Å²) in [5.74, 6) is 0. The van der Waals surface area contributed by atoms with Crippen LogP contribution < -0.4 is 0 Å². The highest BCUT2D eigenvalue weighted by Crippen LogP contribution is 2.09. The lowest BCUT2D eigenvalue weighted by Crippen LogP contribution is -2.46. The van der Waals surface area contributed by atoms with Gasteiger partial charge in [-0.3, -0.25) is 0 Å². The van der Waals surface area contributed by atoms with E-state index in [1.165, 1.54) is 65.0 Å². The molecule has 18 heavy (non-hydrogen) atoms. The molecule has 1 atom stereocenters. The van der Waals surface area contributed by atoms with E-state index in [1.54, 1.807) is 0 Å². The zero-order chi connectivity index (χ0) is 13.2. The van der Waals surface area contributed by atoms with Crippen molar-refractivity contribution in [3.05, 3.63) is 0 Å². The van der Waals surface area contributed by atoms with Crippen molar-refractivity contribution in [2.45, 2.75) is 58.5 Å². The van der Waals surface area contributed by atoms with Crippen LogP contribution in [0.5, 0.6) is 0 Å². The van der Waals surface area contributed by atoms with Crippen molar-refractivity contribution in [1.29, 1.82) is 0 Å². The summed E-state index contributed by atoms with van der Waals surface area (Å²) in [6.07, 6.45) is 6.72. The maximum atomic E-state index is 9.76. The molecule has 0 saturated carbocycles. The third kappa shape index (κ3) is 6.72. The van der Waals surface area contributed by atoms with Gasteiger partial charge in [0.2, 0.25) is 0 Å². The van der Waals surface area contributed by atoms with Crippen LogP contribution in [0.15, 0.2) is 0 Å². The Labute approximate surface area is 113 Å². The second kappa shape index (κ2) is 9.76. The fourth-order valence-corrected chi connectivity index (χ4v) is 2.63. The van der Waals surface area contributed by atoms with Crippen LogP contribution in [-0.2, 0) is 0 Å². The number of aliphatic hydroxyl groups is 1. The molecule has 3 heteroatoms. The molecule has 1 aliphatic rings. The van der Waals surface area contributed by atoms with Gasteiger partial charge < -0.3 is 14.9 Å². The van der Waals surface area contributed by atoms with Crippen molar-refractivity contribution >= 4 is 0 Å². The van der Waals surface area contributed by atoms with E-state index >= 15 is 0 Å². The summed E-state index contributed by atoms with van der Waals surface area (Å²) < 4.78 is 0. The minimum Gasteiger partial charge on any atom is -0.393 e. The smallest absolute Gasteiger partial charge is 0.0540 e. The Morgan fingerprint density at radius 3 is 2.11 bits per heavy atom. The van der Waals surface area contributed by atoms with Crippen LogP contribution in [0, 0.1) is 0 Å². The van der Waals surface area contributed by atoms with E-state index in [0.29, 0.717) is 0 Å². The number of hydrogen-bond donors (Lipinski definition) is 1. The molecule has 0 aromatic carbocycles. The molecule has 1 N–H and O–H groups in total. The summed E-state index contributed by atoms with van der Waals surface area (Å²) in [4.78, 5) is 5.09. The molecule has 0 aliphatic carbocycles. The molecule has 3 nitrogen and oxygen atoms in total. The number of likely N-dealkylation sites (N-methyl/N-ethyl adjacent to an activating group) is 1. The summed E-state index contributed by atoms with van der Waals surface area (Å²) in [6, 6.07) is 0. The molecule has 1 aliphatic heterocycles. The van der Waals surface area contributed by atoms with Crippen LogP contribution >= 0.6 is 0 Å². The highest BCUT2D eigenvalue weighted by atomic mass is 16.3. The molecule has 0 bridgehead atoms. The first-order valence-corrected chi connectivity index (χ1v) is 7.89. The molecule has 0 spiro atoms. The third-order valence-electron chi connectivity index (χ3n) is 4.06. The Balaban J connectivity index is 1.95. The van der Waals surface area contributed by atoms with E-state index in [0.717, 1.165) is 12.8 Å². The van der Waals surface area contributed by atoms with E-state index in [2.05, 4.69) is 23.6 Å². The van der Waals surface area contributed by atoms with Gasteiger partial charge in [-0.1, -0.05) is 26.7 Å². The average molecular weight is 256 g/mol. The molecule has 1 saturated heterocycles. The van der Waals surface area contributed by atoms with Gasteiger partial charge in [-0.2, -0.15) is 0 Å².